The number of carbonyl (C=O) groups excluding carboxylic acids is 2. The molecule has 0 spiro atoms. The Morgan fingerprint density at radius 3 is 2.17 bits per heavy atom. The topological polar surface area (TPSA) is 52.6 Å². The predicted octanol–water partition coefficient (Wildman–Crippen LogP) is 4.46. The summed E-state index contributed by atoms with van der Waals surface area (Å²) in [6, 6.07) is 12.8. The molecule has 0 aromatic heterocycles. The molecule has 0 heterocycles. The molecule has 4 heteroatoms. The highest BCUT2D eigenvalue weighted by Gasteiger charge is 2.08. The fourth-order valence-electron chi connectivity index (χ4n) is 2.05. The maximum Gasteiger partial charge on any atom is 0.338 e. The maximum absolute atomic E-state index is 11.5. The Kier molecular flexibility index (Phi) is 5.53. The first-order valence-corrected chi connectivity index (χ1v) is 7.70. The van der Waals surface area contributed by atoms with Crippen LogP contribution in [0.15, 0.2) is 54.6 Å². The zero-order chi connectivity index (χ0) is 17.7. The summed E-state index contributed by atoms with van der Waals surface area (Å²) in [5, 5.41) is 0. The molecule has 0 aliphatic rings. The average molecular weight is 324 g/mol. The van der Waals surface area contributed by atoms with Crippen LogP contribution in [0.3, 0.4) is 0 Å². The Balaban J connectivity index is 2.17. The molecular formula is C20H20O4. The molecule has 0 unspecified atom stereocenters. The summed E-state index contributed by atoms with van der Waals surface area (Å²) in [6.45, 7) is 8.81. The number of rotatable bonds is 5. The van der Waals surface area contributed by atoms with E-state index >= 15 is 0 Å². The van der Waals surface area contributed by atoms with Gasteiger partial charge in [-0.25, -0.2) is 4.79 Å². The first kappa shape index (κ1) is 17.5. The lowest BCUT2D eigenvalue weighted by Crippen LogP contribution is -2.07. The minimum Gasteiger partial charge on any atom is -0.426 e. The summed E-state index contributed by atoms with van der Waals surface area (Å²) < 4.78 is 10.4. The van der Waals surface area contributed by atoms with Crippen molar-refractivity contribution in [3.8, 4) is 22.6 Å². The van der Waals surface area contributed by atoms with Crippen LogP contribution in [0.5, 0.6) is 11.5 Å². The van der Waals surface area contributed by atoms with Crippen molar-refractivity contribution in [3.63, 3.8) is 0 Å². The van der Waals surface area contributed by atoms with Gasteiger partial charge in [-0.15, -0.1) is 0 Å². The number of benzene rings is 2. The molecule has 0 saturated heterocycles. The van der Waals surface area contributed by atoms with Gasteiger partial charge in [-0.1, -0.05) is 31.7 Å². The lowest BCUT2D eigenvalue weighted by Gasteiger charge is -2.10. The third kappa shape index (κ3) is 4.32. The van der Waals surface area contributed by atoms with Crippen LogP contribution in [0.2, 0.25) is 0 Å². The molecule has 0 aliphatic carbocycles. The normalized spacial score (nSPS) is 10.1. The summed E-state index contributed by atoms with van der Waals surface area (Å²) in [5.41, 5.74) is 3.20. The molecule has 0 atom stereocenters. The minimum absolute atomic E-state index is 0.255. The van der Waals surface area contributed by atoms with E-state index in [0.717, 1.165) is 16.7 Å². The second kappa shape index (κ2) is 7.59. The summed E-state index contributed by atoms with van der Waals surface area (Å²) in [5.74, 6) is 0.338. The number of hydrogen-bond donors (Lipinski definition) is 0. The molecule has 0 radical (unpaired) electrons. The molecule has 0 bridgehead atoms. The SMILES string of the molecule is C=C(C)C(=O)Oc1ccc(-c2ccc(OC(=O)CC)c(C)c2)cc1. The predicted molar refractivity (Wildman–Crippen MR) is 93.0 cm³/mol. The lowest BCUT2D eigenvalue weighted by atomic mass is 10.0. The highest BCUT2D eigenvalue weighted by Crippen LogP contribution is 2.28. The van der Waals surface area contributed by atoms with E-state index in [2.05, 4.69) is 6.58 Å². The van der Waals surface area contributed by atoms with Crippen molar-refractivity contribution >= 4 is 11.9 Å². The van der Waals surface area contributed by atoms with Gasteiger partial charge in [-0.2, -0.15) is 0 Å². The summed E-state index contributed by atoms with van der Waals surface area (Å²) in [4.78, 5) is 22.9. The van der Waals surface area contributed by atoms with Gasteiger partial charge < -0.3 is 9.47 Å². The number of esters is 2. The zero-order valence-electron chi connectivity index (χ0n) is 14.1. The van der Waals surface area contributed by atoms with E-state index in [1.54, 1.807) is 32.0 Å². The Morgan fingerprint density at radius 2 is 1.62 bits per heavy atom. The van der Waals surface area contributed by atoms with Crippen LogP contribution < -0.4 is 9.47 Å². The lowest BCUT2D eigenvalue weighted by molar-refractivity contribution is -0.134. The van der Waals surface area contributed by atoms with Crippen LogP contribution in [0, 0.1) is 6.92 Å². The smallest absolute Gasteiger partial charge is 0.338 e. The van der Waals surface area contributed by atoms with Crippen molar-refractivity contribution in [2.75, 3.05) is 0 Å². The molecule has 2 rings (SSSR count). The molecule has 0 amide bonds. The molecule has 0 N–H and O–H groups in total. The highest BCUT2D eigenvalue weighted by molar-refractivity contribution is 5.88. The first-order chi connectivity index (χ1) is 11.4. The van der Waals surface area contributed by atoms with E-state index in [1.165, 1.54) is 0 Å². The summed E-state index contributed by atoms with van der Waals surface area (Å²) >= 11 is 0. The molecule has 0 fully saturated rings. The molecular weight excluding hydrogens is 304 g/mol. The van der Waals surface area contributed by atoms with Gasteiger partial charge in [0, 0.05) is 12.0 Å². The highest BCUT2D eigenvalue weighted by atomic mass is 16.5. The quantitative estimate of drug-likeness (QED) is 0.463. The molecule has 2 aromatic carbocycles. The van der Waals surface area contributed by atoms with Crippen molar-refractivity contribution in [3.05, 3.63) is 60.2 Å². The van der Waals surface area contributed by atoms with E-state index < -0.39 is 5.97 Å². The Morgan fingerprint density at radius 1 is 1.00 bits per heavy atom. The summed E-state index contributed by atoms with van der Waals surface area (Å²) in [6.07, 6.45) is 0.339. The third-order valence-corrected chi connectivity index (χ3v) is 3.43. The van der Waals surface area contributed by atoms with Gasteiger partial charge in [-0.05, 0) is 54.8 Å². The van der Waals surface area contributed by atoms with E-state index in [9.17, 15) is 9.59 Å². The number of carbonyl (C=O) groups is 2. The first-order valence-electron chi connectivity index (χ1n) is 7.70. The van der Waals surface area contributed by atoms with Crippen molar-refractivity contribution in [1.82, 2.24) is 0 Å². The number of aryl methyl sites for hydroxylation is 1. The molecule has 124 valence electrons. The molecule has 4 nitrogen and oxygen atoms in total. The van der Waals surface area contributed by atoms with Crippen LogP contribution in [0.25, 0.3) is 11.1 Å². The fraction of sp³-hybridized carbons (Fsp3) is 0.200. The van der Waals surface area contributed by atoms with Crippen molar-refractivity contribution in [1.29, 1.82) is 0 Å². The van der Waals surface area contributed by atoms with E-state index in [1.807, 2.05) is 31.2 Å². The maximum atomic E-state index is 11.5. The zero-order valence-corrected chi connectivity index (χ0v) is 14.1. The average Bonchev–Trinajstić information content (AvgIpc) is 2.57. The van der Waals surface area contributed by atoms with Crippen molar-refractivity contribution in [2.45, 2.75) is 27.2 Å². The second-order valence-corrected chi connectivity index (χ2v) is 5.50. The van der Waals surface area contributed by atoms with Crippen LogP contribution in [0.1, 0.15) is 25.8 Å². The van der Waals surface area contributed by atoms with Gasteiger partial charge in [-0.3, -0.25) is 4.79 Å². The third-order valence-electron chi connectivity index (χ3n) is 3.43. The fourth-order valence-corrected chi connectivity index (χ4v) is 2.05. The van der Waals surface area contributed by atoms with Crippen LogP contribution >= 0.6 is 0 Å². The minimum atomic E-state index is -0.444. The molecule has 0 aliphatic heterocycles. The monoisotopic (exact) mass is 324 g/mol. The molecule has 24 heavy (non-hydrogen) atoms. The Hall–Kier alpha value is -2.88. The molecule has 2 aromatic rings. The van der Waals surface area contributed by atoms with E-state index in [-0.39, 0.29) is 5.97 Å². The van der Waals surface area contributed by atoms with Gasteiger partial charge in [0.05, 0.1) is 0 Å². The van der Waals surface area contributed by atoms with E-state index in [0.29, 0.717) is 23.5 Å². The van der Waals surface area contributed by atoms with E-state index in [4.69, 9.17) is 9.47 Å². The van der Waals surface area contributed by atoms with Crippen LogP contribution in [0.4, 0.5) is 0 Å². The number of hydrogen-bond acceptors (Lipinski definition) is 4. The van der Waals surface area contributed by atoms with Gasteiger partial charge in [0.25, 0.3) is 0 Å². The van der Waals surface area contributed by atoms with Crippen LogP contribution in [-0.2, 0) is 9.59 Å². The standard InChI is InChI=1S/C20H20O4/c1-5-19(21)24-18-11-8-16(12-14(18)4)15-6-9-17(10-7-15)23-20(22)13(2)3/h6-12H,2,5H2,1,3-4H3. The van der Waals surface area contributed by atoms with Gasteiger partial charge in [0.2, 0.25) is 0 Å². The number of ether oxygens (including phenoxy) is 2. The Bertz CT molecular complexity index is 773. The molecule has 0 saturated carbocycles. The van der Waals surface area contributed by atoms with Crippen molar-refractivity contribution in [2.24, 2.45) is 0 Å². The van der Waals surface area contributed by atoms with Gasteiger partial charge in [0.1, 0.15) is 11.5 Å². The summed E-state index contributed by atoms with van der Waals surface area (Å²) in [7, 11) is 0. The van der Waals surface area contributed by atoms with Gasteiger partial charge in [0.15, 0.2) is 0 Å². The second-order valence-electron chi connectivity index (χ2n) is 5.50. The largest absolute Gasteiger partial charge is 0.426 e. The van der Waals surface area contributed by atoms with Gasteiger partial charge >= 0.3 is 11.9 Å². The van der Waals surface area contributed by atoms with Crippen LogP contribution in [-0.4, -0.2) is 11.9 Å². The Labute approximate surface area is 141 Å². The van der Waals surface area contributed by atoms with Crippen molar-refractivity contribution < 1.29 is 19.1 Å².